The van der Waals surface area contributed by atoms with E-state index in [4.69, 9.17) is 11.1 Å². The molecule has 3 aromatic carbocycles. The molecule has 1 heterocycles. The number of benzene rings is 3. The van der Waals surface area contributed by atoms with Crippen LogP contribution in [0.25, 0.3) is 22.0 Å². The smallest absolute Gasteiger partial charge is 0.255 e. The maximum absolute atomic E-state index is 12.8. The summed E-state index contributed by atoms with van der Waals surface area (Å²) in [6.45, 7) is 0. The van der Waals surface area contributed by atoms with E-state index in [2.05, 4.69) is 10.3 Å². The number of para-hydroxylation sites is 1. The van der Waals surface area contributed by atoms with E-state index >= 15 is 0 Å². The third-order valence-electron chi connectivity index (χ3n) is 4.45. The number of nitrogens with two attached hydrogens (primary N) is 1. The molecule has 0 aliphatic heterocycles. The number of aromatic amines is 1. The van der Waals surface area contributed by atoms with Crippen molar-refractivity contribution < 1.29 is 4.79 Å². The molecule has 5 N–H and O–H groups in total. The molecule has 4 rings (SSSR count). The first-order chi connectivity index (χ1) is 13.1. The Hall–Kier alpha value is -3.86. The van der Waals surface area contributed by atoms with Crippen LogP contribution in [-0.2, 0) is 0 Å². The van der Waals surface area contributed by atoms with Crippen LogP contribution in [-0.4, -0.2) is 16.7 Å². The van der Waals surface area contributed by atoms with E-state index < -0.39 is 0 Å². The quantitative estimate of drug-likeness (QED) is 0.323. The number of H-pyrrole nitrogens is 1. The molecule has 0 radical (unpaired) electrons. The van der Waals surface area contributed by atoms with Gasteiger partial charge >= 0.3 is 0 Å². The van der Waals surface area contributed by atoms with Crippen LogP contribution in [0.5, 0.6) is 0 Å². The number of nitrogens with one attached hydrogen (secondary N) is 3. The highest BCUT2D eigenvalue weighted by atomic mass is 16.1. The standard InChI is InChI=1S/C22H18N4O/c23-21(24)15-9-8-14-11-16(22(27)26-17-5-2-1-3-6-17)13-19(18(14)12-15)20-7-4-10-25-20/h1-13,25H,(H3,23,24)(H,26,27). The fourth-order valence-electron chi connectivity index (χ4n) is 3.10. The fourth-order valence-corrected chi connectivity index (χ4v) is 3.10. The summed E-state index contributed by atoms with van der Waals surface area (Å²) >= 11 is 0. The van der Waals surface area contributed by atoms with E-state index in [0.717, 1.165) is 27.7 Å². The normalized spacial score (nSPS) is 10.7. The summed E-state index contributed by atoms with van der Waals surface area (Å²) in [5.41, 5.74) is 9.39. The summed E-state index contributed by atoms with van der Waals surface area (Å²) in [6, 6.07) is 22.5. The number of rotatable bonds is 4. The Balaban J connectivity index is 1.84. The minimum Gasteiger partial charge on any atom is -0.384 e. The van der Waals surface area contributed by atoms with Gasteiger partial charge in [0, 0.05) is 34.3 Å². The Bertz CT molecular complexity index is 1130. The van der Waals surface area contributed by atoms with Gasteiger partial charge in [-0.25, -0.2) is 0 Å². The van der Waals surface area contributed by atoms with Crippen LogP contribution in [0.15, 0.2) is 79.0 Å². The van der Waals surface area contributed by atoms with Gasteiger partial charge in [0.05, 0.1) is 0 Å². The van der Waals surface area contributed by atoms with Crippen LogP contribution in [0, 0.1) is 5.41 Å². The first-order valence-electron chi connectivity index (χ1n) is 8.54. The van der Waals surface area contributed by atoms with Crippen molar-refractivity contribution in [2.45, 2.75) is 0 Å². The minimum absolute atomic E-state index is 0.0141. The van der Waals surface area contributed by atoms with Gasteiger partial charge in [0.2, 0.25) is 0 Å². The Labute approximate surface area is 156 Å². The monoisotopic (exact) mass is 354 g/mol. The third-order valence-corrected chi connectivity index (χ3v) is 4.45. The van der Waals surface area contributed by atoms with Crippen molar-refractivity contribution in [2.75, 3.05) is 5.32 Å². The highest BCUT2D eigenvalue weighted by Crippen LogP contribution is 2.30. The molecule has 5 heteroatoms. The van der Waals surface area contributed by atoms with Gasteiger partial charge in [-0.1, -0.05) is 30.3 Å². The SMILES string of the molecule is N=C(N)c1ccc2cc(C(=O)Nc3ccccc3)cc(-c3ccc[nH]3)c2c1. The molecule has 5 nitrogen and oxygen atoms in total. The molecule has 0 unspecified atom stereocenters. The van der Waals surface area contributed by atoms with Crippen molar-refractivity contribution in [1.82, 2.24) is 4.98 Å². The van der Waals surface area contributed by atoms with Gasteiger partial charge in [-0.2, -0.15) is 0 Å². The lowest BCUT2D eigenvalue weighted by Gasteiger charge is -2.11. The maximum atomic E-state index is 12.8. The minimum atomic E-state index is -0.174. The van der Waals surface area contributed by atoms with Crippen molar-refractivity contribution in [1.29, 1.82) is 5.41 Å². The number of carbonyl (C=O) groups is 1. The van der Waals surface area contributed by atoms with Crippen molar-refractivity contribution in [2.24, 2.45) is 5.73 Å². The molecule has 132 valence electrons. The third kappa shape index (κ3) is 3.30. The van der Waals surface area contributed by atoms with Gasteiger partial charge in [-0.05, 0) is 53.2 Å². The van der Waals surface area contributed by atoms with Crippen LogP contribution in [0.1, 0.15) is 15.9 Å². The van der Waals surface area contributed by atoms with Crippen molar-refractivity contribution >= 4 is 28.2 Å². The number of amides is 1. The number of fused-ring (bicyclic) bond motifs is 1. The second-order valence-electron chi connectivity index (χ2n) is 6.28. The van der Waals surface area contributed by atoms with E-state index in [1.165, 1.54) is 0 Å². The highest BCUT2D eigenvalue weighted by molar-refractivity contribution is 6.10. The van der Waals surface area contributed by atoms with Gasteiger partial charge in [0.15, 0.2) is 0 Å². The summed E-state index contributed by atoms with van der Waals surface area (Å²) in [5, 5.41) is 12.5. The molecular formula is C22H18N4O. The maximum Gasteiger partial charge on any atom is 0.255 e. The van der Waals surface area contributed by atoms with Crippen LogP contribution < -0.4 is 11.1 Å². The lowest BCUT2D eigenvalue weighted by Crippen LogP contribution is -2.12. The number of aromatic nitrogens is 1. The fraction of sp³-hybridized carbons (Fsp3) is 0. The molecule has 0 saturated carbocycles. The molecule has 0 fully saturated rings. The summed E-state index contributed by atoms with van der Waals surface area (Å²) in [6.07, 6.45) is 1.84. The summed E-state index contributed by atoms with van der Waals surface area (Å²) < 4.78 is 0. The Morgan fingerprint density at radius 1 is 0.926 bits per heavy atom. The second-order valence-corrected chi connectivity index (χ2v) is 6.28. The largest absolute Gasteiger partial charge is 0.384 e. The summed E-state index contributed by atoms with van der Waals surface area (Å²) in [7, 11) is 0. The molecule has 1 amide bonds. The molecule has 0 saturated heterocycles. The lowest BCUT2D eigenvalue weighted by atomic mass is 9.96. The zero-order valence-electron chi connectivity index (χ0n) is 14.5. The molecule has 0 spiro atoms. The first kappa shape index (κ1) is 16.6. The van der Waals surface area contributed by atoms with Crippen LogP contribution in [0.2, 0.25) is 0 Å². The van der Waals surface area contributed by atoms with E-state index in [-0.39, 0.29) is 11.7 Å². The Morgan fingerprint density at radius 3 is 2.44 bits per heavy atom. The average Bonchev–Trinajstić information content (AvgIpc) is 3.22. The molecule has 0 aliphatic rings. The van der Waals surface area contributed by atoms with Gasteiger partial charge in [0.1, 0.15) is 5.84 Å². The molecule has 1 aromatic heterocycles. The second kappa shape index (κ2) is 6.80. The van der Waals surface area contributed by atoms with E-state index in [9.17, 15) is 4.79 Å². The lowest BCUT2D eigenvalue weighted by molar-refractivity contribution is 0.102. The zero-order chi connectivity index (χ0) is 18.8. The number of carbonyl (C=O) groups excluding carboxylic acids is 1. The number of hydrogen-bond donors (Lipinski definition) is 4. The molecule has 4 aromatic rings. The predicted octanol–water partition coefficient (Wildman–Crippen LogP) is 4.37. The average molecular weight is 354 g/mol. The molecule has 0 atom stereocenters. The highest BCUT2D eigenvalue weighted by Gasteiger charge is 2.13. The molecule has 0 aliphatic carbocycles. The van der Waals surface area contributed by atoms with Crippen LogP contribution in [0.4, 0.5) is 5.69 Å². The van der Waals surface area contributed by atoms with E-state index in [0.29, 0.717) is 11.1 Å². The molecular weight excluding hydrogens is 336 g/mol. The topological polar surface area (TPSA) is 94.8 Å². The van der Waals surface area contributed by atoms with E-state index in [1.54, 1.807) is 6.07 Å². The van der Waals surface area contributed by atoms with Crippen LogP contribution in [0.3, 0.4) is 0 Å². The van der Waals surface area contributed by atoms with Gasteiger partial charge < -0.3 is 16.0 Å². The number of anilines is 1. The van der Waals surface area contributed by atoms with Gasteiger partial charge in [-0.15, -0.1) is 0 Å². The summed E-state index contributed by atoms with van der Waals surface area (Å²) in [4.78, 5) is 16.0. The van der Waals surface area contributed by atoms with Crippen LogP contribution >= 0.6 is 0 Å². The van der Waals surface area contributed by atoms with Gasteiger partial charge in [-0.3, -0.25) is 10.2 Å². The zero-order valence-corrected chi connectivity index (χ0v) is 14.5. The van der Waals surface area contributed by atoms with Crippen molar-refractivity contribution in [3.63, 3.8) is 0 Å². The predicted molar refractivity (Wildman–Crippen MR) is 109 cm³/mol. The number of nitrogen functional groups attached to an aromatic ring is 1. The molecule has 0 bridgehead atoms. The Kier molecular flexibility index (Phi) is 4.18. The summed E-state index contributed by atoms with van der Waals surface area (Å²) in [5.74, 6) is -0.160. The number of amidine groups is 1. The van der Waals surface area contributed by atoms with Gasteiger partial charge in [0.25, 0.3) is 5.91 Å². The van der Waals surface area contributed by atoms with Crippen molar-refractivity contribution in [3.8, 4) is 11.3 Å². The number of hydrogen-bond acceptors (Lipinski definition) is 2. The van der Waals surface area contributed by atoms with E-state index in [1.807, 2.05) is 72.9 Å². The first-order valence-corrected chi connectivity index (χ1v) is 8.54. The Morgan fingerprint density at radius 2 is 1.74 bits per heavy atom. The van der Waals surface area contributed by atoms with Crippen molar-refractivity contribution in [3.05, 3.63) is 90.1 Å². The molecule has 27 heavy (non-hydrogen) atoms.